The van der Waals surface area contributed by atoms with E-state index in [9.17, 15) is 4.79 Å². The van der Waals surface area contributed by atoms with E-state index in [2.05, 4.69) is 9.97 Å². The van der Waals surface area contributed by atoms with Gasteiger partial charge in [0, 0.05) is 18.3 Å². The molecule has 5 nitrogen and oxygen atoms in total. The summed E-state index contributed by atoms with van der Waals surface area (Å²) in [5.41, 5.74) is 2.42. The van der Waals surface area contributed by atoms with E-state index in [-0.39, 0.29) is 5.91 Å². The molecule has 1 aliphatic rings. The molecule has 1 fully saturated rings. The number of hydrazine groups is 1. The van der Waals surface area contributed by atoms with Crippen LogP contribution in [0.5, 0.6) is 0 Å². The van der Waals surface area contributed by atoms with Gasteiger partial charge in [-0.2, -0.15) is 0 Å². The molecule has 0 saturated heterocycles. The van der Waals surface area contributed by atoms with Crippen molar-refractivity contribution in [2.24, 2.45) is 5.84 Å². The van der Waals surface area contributed by atoms with E-state index in [1.807, 2.05) is 5.43 Å². The summed E-state index contributed by atoms with van der Waals surface area (Å²) in [5.74, 6) is 5.94. The fourth-order valence-corrected chi connectivity index (χ4v) is 1.09. The summed E-state index contributed by atoms with van der Waals surface area (Å²) in [4.78, 5) is 19.2. The molecule has 0 bridgehead atoms. The second-order valence-electron chi connectivity index (χ2n) is 3.08. The maximum atomic E-state index is 11.0. The van der Waals surface area contributed by atoms with E-state index < -0.39 is 0 Å². The molecule has 3 N–H and O–H groups in total. The molecule has 1 heterocycles. The van der Waals surface area contributed by atoms with Crippen LogP contribution in [0.15, 0.2) is 12.4 Å². The van der Waals surface area contributed by atoms with Gasteiger partial charge in [-0.25, -0.2) is 15.8 Å². The highest BCUT2D eigenvalue weighted by Gasteiger charge is 2.26. The first-order valence-electron chi connectivity index (χ1n) is 4.14. The molecule has 1 saturated carbocycles. The normalized spacial score (nSPS) is 15.5. The molecule has 0 atom stereocenters. The lowest BCUT2D eigenvalue weighted by Crippen LogP contribution is -2.30. The first-order chi connectivity index (χ1) is 6.31. The molecule has 2 rings (SSSR count). The number of nitrogens with zero attached hydrogens (tertiary/aromatic N) is 2. The molecule has 0 unspecified atom stereocenters. The van der Waals surface area contributed by atoms with Crippen LogP contribution in [-0.2, 0) is 0 Å². The van der Waals surface area contributed by atoms with Gasteiger partial charge in [0.15, 0.2) is 0 Å². The molecule has 1 aliphatic carbocycles. The third-order valence-electron chi connectivity index (χ3n) is 2.01. The van der Waals surface area contributed by atoms with E-state index >= 15 is 0 Å². The van der Waals surface area contributed by atoms with Gasteiger partial charge < -0.3 is 0 Å². The molecule has 1 amide bonds. The maximum absolute atomic E-state index is 11.0. The summed E-state index contributed by atoms with van der Waals surface area (Å²) in [5, 5.41) is 0. The first kappa shape index (κ1) is 8.12. The smallest absolute Gasteiger partial charge is 0.268 e. The summed E-state index contributed by atoms with van der Waals surface area (Å²) < 4.78 is 0. The highest BCUT2D eigenvalue weighted by molar-refractivity contribution is 5.93. The average Bonchev–Trinajstić information content (AvgIpc) is 3.00. The highest BCUT2D eigenvalue weighted by Crippen LogP contribution is 2.37. The maximum Gasteiger partial charge on any atom is 0.268 e. The van der Waals surface area contributed by atoms with Crippen LogP contribution in [0, 0.1) is 0 Å². The predicted molar refractivity (Wildman–Crippen MR) is 45.7 cm³/mol. The van der Waals surface area contributed by atoms with Crippen LogP contribution >= 0.6 is 0 Å². The van der Waals surface area contributed by atoms with Gasteiger partial charge in [0.2, 0.25) is 0 Å². The summed E-state index contributed by atoms with van der Waals surface area (Å²) in [6.07, 6.45) is 5.32. The standard InChI is InChI=1S/C8H10N4O/c9-12-8(13)6-3-10-7(11-4-6)5-1-2-5/h3-5H,1-2,9H2,(H,12,13). The number of hydrogen-bond donors (Lipinski definition) is 2. The molecular formula is C8H10N4O. The Labute approximate surface area is 75.3 Å². The Bertz CT molecular complexity index is 317. The third kappa shape index (κ3) is 1.65. The zero-order valence-electron chi connectivity index (χ0n) is 7.03. The first-order valence-corrected chi connectivity index (χ1v) is 4.14. The van der Waals surface area contributed by atoms with Crippen molar-refractivity contribution in [2.75, 3.05) is 0 Å². The fraction of sp³-hybridized carbons (Fsp3) is 0.375. The van der Waals surface area contributed by atoms with Crippen LogP contribution in [-0.4, -0.2) is 15.9 Å². The van der Waals surface area contributed by atoms with Gasteiger partial charge >= 0.3 is 0 Å². The van der Waals surface area contributed by atoms with Crippen molar-refractivity contribution < 1.29 is 4.79 Å². The Hall–Kier alpha value is -1.49. The van der Waals surface area contributed by atoms with Gasteiger partial charge in [0.1, 0.15) is 5.82 Å². The molecule has 13 heavy (non-hydrogen) atoms. The number of nitrogens with one attached hydrogen (secondary N) is 1. The van der Waals surface area contributed by atoms with E-state index in [4.69, 9.17) is 5.84 Å². The Kier molecular flexibility index (Phi) is 1.94. The Morgan fingerprint density at radius 2 is 2.08 bits per heavy atom. The van der Waals surface area contributed by atoms with Gasteiger partial charge in [0.25, 0.3) is 5.91 Å². The molecule has 5 heteroatoms. The number of carbonyl (C=O) groups is 1. The summed E-state index contributed by atoms with van der Waals surface area (Å²) >= 11 is 0. The zero-order chi connectivity index (χ0) is 9.26. The third-order valence-corrected chi connectivity index (χ3v) is 2.01. The van der Waals surface area contributed by atoms with Crippen molar-refractivity contribution in [3.63, 3.8) is 0 Å². The SMILES string of the molecule is NNC(=O)c1cnc(C2CC2)nc1. The van der Waals surface area contributed by atoms with Gasteiger partial charge in [0.05, 0.1) is 5.56 Å². The lowest BCUT2D eigenvalue weighted by molar-refractivity contribution is 0.0953. The number of nitrogen functional groups attached to an aromatic ring is 1. The lowest BCUT2D eigenvalue weighted by atomic mass is 10.3. The summed E-state index contributed by atoms with van der Waals surface area (Å²) in [7, 11) is 0. The number of amides is 1. The highest BCUT2D eigenvalue weighted by atomic mass is 16.2. The van der Waals surface area contributed by atoms with Crippen LogP contribution in [0.25, 0.3) is 0 Å². The Morgan fingerprint density at radius 3 is 2.54 bits per heavy atom. The van der Waals surface area contributed by atoms with Crippen LogP contribution in [0.2, 0.25) is 0 Å². The quantitative estimate of drug-likeness (QED) is 0.378. The molecular weight excluding hydrogens is 168 g/mol. The molecule has 0 aromatic carbocycles. The average molecular weight is 178 g/mol. The molecule has 0 radical (unpaired) electrons. The predicted octanol–water partition coefficient (Wildman–Crippen LogP) is -0.0425. The van der Waals surface area contributed by atoms with Crippen molar-refractivity contribution in [1.82, 2.24) is 15.4 Å². The largest absolute Gasteiger partial charge is 0.290 e. The number of hydrogen-bond acceptors (Lipinski definition) is 4. The van der Waals surface area contributed by atoms with Gasteiger partial charge in [-0.05, 0) is 12.8 Å². The van der Waals surface area contributed by atoms with Gasteiger partial charge in [-0.3, -0.25) is 10.2 Å². The van der Waals surface area contributed by atoms with E-state index in [0.717, 1.165) is 18.7 Å². The van der Waals surface area contributed by atoms with Gasteiger partial charge in [-0.15, -0.1) is 0 Å². The number of nitrogens with two attached hydrogens (primary N) is 1. The van der Waals surface area contributed by atoms with E-state index in [0.29, 0.717) is 11.5 Å². The van der Waals surface area contributed by atoms with Crippen LogP contribution in [0.3, 0.4) is 0 Å². The molecule has 1 aromatic heterocycles. The minimum atomic E-state index is -0.359. The second kappa shape index (κ2) is 3.10. The lowest BCUT2D eigenvalue weighted by Gasteiger charge is -1.99. The van der Waals surface area contributed by atoms with E-state index in [1.54, 1.807) is 0 Å². The Balaban J connectivity index is 2.17. The molecule has 0 aliphatic heterocycles. The van der Waals surface area contributed by atoms with Crippen molar-refractivity contribution in [2.45, 2.75) is 18.8 Å². The van der Waals surface area contributed by atoms with Crippen molar-refractivity contribution >= 4 is 5.91 Å². The topological polar surface area (TPSA) is 80.9 Å². The summed E-state index contributed by atoms with van der Waals surface area (Å²) in [6, 6.07) is 0. The number of aromatic nitrogens is 2. The molecule has 1 aromatic rings. The second-order valence-corrected chi connectivity index (χ2v) is 3.08. The van der Waals surface area contributed by atoms with Gasteiger partial charge in [-0.1, -0.05) is 0 Å². The summed E-state index contributed by atoms with van der Waals surface area (Å²) in [6.45, 7) is 0. The minimum absolute atomic E-state index is 0.359. The van der Waals surface area contributed by atoms with Crippen molar-refractivity contribution in [3.8, 4) is 0 Å². The number of rotatable bonds is 2. The monoisotopic (exact) mass is 178 g/mol. The number of carbonyl (C=O) groups excluding carboxylic acids is 1. The van der Waals surface area contributed by atoms with Crippen LogP contribution in [0.1, 0.15) is 34.9 Å². The fourth-order valence-electron chi connectivity index (χ4n) is 1.09. The minimum Gasteiger partial charge on any atom is -0.290 e. The van der Waals surface area contributed by atoms with Crippen molar-refractivity contribution in [3.05, 3.63) is 23.8 Å². The van der Waals surface area contributed by atoms with Crippen LogP contribution < -0.4 is 11.3 Å². The van der Waals surface area contributed by atoms with Crippen molar-refractivity contribution in [1.29, 1.82) is 0 Å². The van der Waals surface area contributed by atoms with Crippen LogP contribution in [0.4, 0.5) is 0 Å². The zero-order valence-corrected chi connectivity index (χ0v) is 7.03. The Morgan fingerprint density at radius 1 is 1.46 bits per heavy atom. The van der Waals surface area contributed by atoms with E-state index in [1.165, 1.54) is 12.4 Å². The molecule has 68 valence electrons. The molecule has 0 spiro atoms.